The molecule has 0 radical (unpaired) electrons. The highest BCUT2D eigenvalue weighted by molar-refractivity contribution is 7.46. The van der Waals surface area contributed by atoms with Crippen molar-refractivity contribution in [2.24, 2.45) is 0 Å². The Labute approximate surface area is 532 Å². The molecule has 2 heterocycles. The molecule has 88 heavy (non-hydrogen) atoms. The van der Waals surface area contributed by atoms with E-state index in [0.29, 0.717) is 25.9 Å². The predicted octanol–water partition coefficient (Wildman–Crippen LogP) is 14.0. The molecule has 0 bridgehead atoms. The molecule has 0 spiro atoms. The minimum Gasteiger partial charge on any atom is -0.394 e. The number of amides is 1. The van der Waals surface area contributed by atoms with E-state index < -0.39 is 109 Å². The Balaban J connectivity index is 2.40. The average Bonchev–Trinajstić information content (AvgIpc) is 3.51. The van der Waals surface area contributed by atoms with E-state index in [1.54, 1.807) is 0 Å². The van der Waals surface area contributed by atoms with E-state index in [2.05, 4.69) is 45.2 Å². The van der Waals surface area contributed by atoms with Crippen LogP contribution in [0.25, 0.3) is 0 Å². The number of phosphoric ester groups is 2. The van der Waals surface area contributed by atoms with Crippen LogP contribution < -0.4 is 5.32 Å². The summed E-state index contributed by atoms with van der Waals surface area (Å²) in [6, 6.07) is -1.30. The van der Waals surface area contributed by atoms with Crippen molar-refractivity contribution < 1.29 is 91.0 Å². The summed E-state index contributed by atoms with van der Waals surface area (Å²) < 4.78 is 79.1. The van der Waals surface area contributed by atoms with Crippen LogP contribution in [-0.2, 0) is 56.1 Å². The normalized spacial score (nSPS) is 23.1. The van der Waals surface area contributed by atoms with Crippen LogP contribution in [0.5, 0.6) is 0 Å². The molecule has 22 heteroatoms. The van der Waals surface area contributed by atoms with Crippen molar-refractivity contribution in [3.8, 4) is 0 Å². The third-order valence-electron chi connectivity index (χ3n) is 16.8. The molecule has 0 aromatic carbocycles. The lowest BCUT2D eigenvalue weighted by molar-refractivity contribution is -0.331. The van der Waals surface area contributed by atoms with Crippen LogP contribution in [0.4, 0.5) is 0 Å². The van der Waals surface area contributed by atoms with Gasteiger partial charge in [0.05, 0.1) is 32.5 Å². The number of hydrogen-bond acceptors (Lipinski definition) is 15. The Morgan fingerprint density at radius 3 is 1.41 bits per heavy atom. The lowest BCUT2D eigenvalue weighted by atomic mass is 9.95. The molecule has 1 amide bonds. The third-order valence-corrected chi connectivity index (χ3v) is 17.8. The molecule has 522 valence electrons. The summed E-state index contributed by atoms with van der Waals surface area (Å²) in [6.07, 6.45) is 34.1. The second-order valence-electron chi connectivity index (χ2n) is 24.8. The second kappa shape index (κ2) is 54.3. The van der Waals surface area contributed by atoms with Gasteiger partial charge in [0.15, 0.2) is 12.6 Å². The van der Waals surface area contributed by atoms with Gasteiger partial charge in [-0.05, 0) is 57.8 Å². The van der Waals surface area contributed by atoms with Gasteiger partial charge in [0.25, 0.3) is 0 Å². The number of ether oxygens (including phenoxy) is 7. The molecule has 2 aliphatic rings. The zero-order valence-corrected chi connectivity index (χ0v) is 57.2. The molecule has 2 saturated heterocycles. The minimum atomic E-state index is -5.28. The summed E-state index contributed by atoms with van der Waals surface area (Å²) in [6.45, 7) is 7.18. The fraction of sp³-hybridized carbons (Fsp3) is 0.955. The Hall–Kier alpha value is -0.970. The highest BCUT2D eigenvalue weighted by Gasteiger charge is 2.52. The van der Waals surface area contributed by atoms with Gasteiger partial charge in [0.2, 0.25) is 5.91 Å². The minimum absolute atomic E-state index is 0.108. The highest BCUT2D eigenvalue weighted by atomic mass is 31.2. The first kappa shape index (κ1) is 83.1. The van der Waals surface area contributed by atoms with Crippen LogP contribution in [0.15, 0.2) is 12.2 Å². The molecule has 11 atom stereocenters. The molecule has 0 aliphatic carbocycles. The Bertz CT molecular complexity index is 1750. The quantitative estimate of drug-likeness (QED) is 0.0159. The maximum atomic E-state index is 14.0. The maximum Gasteiger partial charge on any atom is 0.470 e. The number of aliphatic hydroxyl groups is 3. The van der Waals surface area contributed by atoms with Gasteiger partial charge in [-0.2, -0.15) is 0 Å². The summed E-state index contributed by atoms with van der Waals surface area (Å²) in [4.78, 5) is 53.4. The van der Waals surface area contributed by atoms with Gasteiger partial charge in [0, 0.05) is 26.2 Å². The lowest BCUT2D eigenvalue weighted by Gasteiger charge is -2.47. The van der Waals surface area contributed by atoms with E-state index in [1.165, 1.54) is 103 Å². The smallest absolute Gasteiger partial charge is 0.394 e. The number of unbranched alkanes of at least 4 members (excludes halogenated alkanes) is 33. The standard InChI is InChI=1S/C66H129NO19P2/c1-5-9-13-17-20-23-26-27-28-29-30-31-34-38-42-46-58(70)67-59-62(80-50-47-55(69)45-41-37-16-12-8-4)61(86-88(75,76)77)56(53-68)84-65(59)82-54-57-60(71)63(78-48-43-39-35-32-24-21-18-14-10-6-2)64(66(85-57)81-51-52-83-87(72,73)74)79-49-44-40-36-33-25-22-19-15-11-7-3/h23,26,55-57,59-66,68-69,71H,5-22,24-25,27-54H2,1-4H3,(H,67,70)(H2,72,73,74)(H2,75,76,77)/b26-23-/t55-,56-,57-,59-,60-,61-,62-,63+,64-,65-,66+/m1/s1. The summed E-state index contributed by atoms with van der Waals surface area (Å²) in [5.74, 6) is -0.412. The Morgan fingerprint density at radius 1 is 0.466 bits per heavy atom. The number of carbonyl (C=O) groups is 1. The van der Waals surface area contributed by atoms with Crippen LogP contribution in [-0.4, -0.2) is 155 Å². The van der Waals surface area contributed by atoms with Gasteiger partial charge in [-0.1, -0.05) is 239 Å². The number of nitrogens with one attached hydrogen (secondary N) is 1. The summed E-state index contributed by atoms with van der Waals surface area (Å²) in [5.41, 5.74) is 0. The molecule has 0 saturated carbocycles. The van der Waals surface area contributed by atoms with E-state index in [0.717, 1.165) is 128 Å². The number of allylic oxidation sites excluding steroid dienone is 2. The third kappa shape index (κ3) is 42.4. The van der Waals surface area contributed by atoms with Gasteiger partial charge in [-0.15, -0.1) is 0 Å². The van der Waals surface area contributed by atoms with Crippen molar-refractivity contribution in [1.29, 1.82) is 0 Å². The summed E-state index contributed by atoms with van der Waals surface area (Å²) >= 11 is 0. The molecule has 2 fully saturated rings. The van der Waals surface area contributed by atoms with E-state index in [1.807, 2.05) is 0 Å². The van der Waals surface area contributed by atoms with Gasteiger partial charge in [0.1, 0.15) is 48.8 Å². The fourth-order valence-electron chi connectivity index (χ4n) is 11.6. The van der Waals surface area contributed by atoms with E-state index >= 15 is 0 Å². The van der Waals surface area contributed by atoms with Crippen LogP contribution in [0, 0.1) is 0 Å². The molecule has 2 aliphatic heterocycles. The van der Waals surface area contributed by atoms with Crippen molar-refractivity contribution >= 4 is 21.6 Å². The molecule has 0 aromatic rings. The molecule has 20 nitrogen and oxygen atoms in total. The molecule has 0 aromatic heterocycles. The summed E-state index contributed by atoms with van der Waals surface area (Å²) in [7, 11) is -10.1. The van der Waals surface area contributed by atoms with Crippen molar-refractivity contribution in [3.63, 3.8) is 0 Å². The molecule has 2 rings (SSSR count). The predicted molar refractivity (Wildman–Crippen MR) is 346 cm³/mol. The SMILES string of the molecule is CCCCCC/C=C\CCCCCCCCCC(=O)N[C@H]1[C@H](OC[C@H]2O[C@H](OCCOP(=O)(O)O)[C@H](OCCCCCCCCCCCC)[C@@H](OCCCCCCCCCCCC)[C@@H]2O)O[C@H](CO)[C@@H](OP(=O)(O)O)[C@@H]1OCC[C@H](O)CCCCCCC. The van der Waals surface area contributed by atoms with E-state index in [-0.39, 0.29) is 32.7 Å². The molecular weight excluding hydrogens is 1170 g/mol. The van der Waals surface area contributed by atoms with Crippen LogP contribution in [0.2, 0.25) is 0 Å². The summed E-state index contributed by atoms with van der Waals surface area (Å²) in [5, 5.41) is 37.0. The van der Waals surface area contributed by atoms with Crippen molar-refractivity contribution in [1.82, 2.24) is 5.32 Å². The fourth-order valence-corrected chi connectivity index (χ4v) is 12.5. The monoisotopic (exact) mass is 1300 g/mol. The van der Waals surface area contributed by atoms with Gasteiger partial charge in [-0.25, -0.2) is 9.13 Å². The van der Waals surface area contributed by atoms with Crippen molar-refractivity contribution in [3.05, 3.63) is 12.2 Å². The highest BCUT2D eigenvalue weighted by Crippen LogP contribution is 2.43. The average molecular weight is 1300 g/mol. The zero-order valence-electron chi connectivity index (χ0n) is 55.4. The van der Waals surface area contributed by atoms with Gasteiger partial charge >= 0.3 is 15.6 Å². The maximum absolute atomic E-state index is 14.0. The second-order valence-corrected chi connectivity index (χ2v) is 27.2. The molecule has 8 N–H and O–H groups in total. The van der Waals surface area contributed by atoms with E-state index in [9.17, 15) is 48.8 Å². The topological polar surface area (TPSA) is 288 Å². The first-order chi connectivity index (χ1) is 42.6. The number of phosphoric acid groups is 2. The number of carbonyl (C=O) groups excluding carboxylic acids is 1. The largest absolute Gasteiger partial charge is 0.470 e. The lowest BCUT2D eigenvalue weighted by Crippen LogP contribution is -2.66. The number of rotatable bonds is 61. The van der Waals surface area contributed by atoms with Crippen LogP contribution >= 0.6 is 15.6 Å². The number of aliphatic hydroxyl groups excluding tert-OH is 3. The van der Waals surface area contributed by atoms with E-state index in [4.69, 9.17) is 42.2 Å². The Morgan fingerprint density at radius 2 is 0.909 bits per heavy atom. The van der Waals surface area contributed by atoms with Gasteiger partial charge < -0.3 is 73.4 Å². The first-order valence-corrected chi connectivity index (χ1v) is 38.4. The van der Waals surface area contributed by atoms with Crippen LogP contribution in [0.1, 0.15) is 291 Å². The van der Waals surface area contributed by atoms with Gasteiger partial charge in [-0.3, -0.25) is 13.8 Å². The Kier molecular flexibility index (Phi) is 51.3. The molecular formula is C66H129NO19P2. The van der Waals surface area contributed by atoms with Crippen LogP contribution in [0.3, 0.4) is 0 Å². The zero-order chi connectivity index (χ0) is 64.4. The van der Waals surface area contributed by atoms with Crippen molar-refractivity contribution in [2.75, 3.05) is 46.2 Å². The van der Waals surface area contributed by atoms with Crippen molar-refractivity contribution in [2.45, 2.75) is 358 Å². The number of hydrogen-bond donors (Lipinski definition) is 8. The first-order valence-electron chi connectivity index (χ1n) is 35.3. The molecule has 0 unspecified atom stereocenters.